The van der Waals surface area contributed by atoms with E-state index in [9.17, 15) is 0 Å². The summed E-state index contributed by atoms with van der Waals surface area (Å²) < 4.78 is 0. The van der Waals surface area contributed by atoms with Crippen LogP contribution < -0.4 is 5.73 Å². The molecule has 1 aliphatic heterocycles. The number of likely N-dealkylation sites (N-methyl/N-ethyl adjacent to an activating group) is 1. The van der Waals surface area contributed by atoms with Gasteiger partial charge in [0.25, 0.3) is 0 Å². The van der Waals surface area contributed by atoms with E-state index in [0.29, 0.717) is 11.6 Å². The summed E-state index contributed by atoms with van der Waals surface area (Å²) in [5.41, 5.74) is 6.27. The van der Waals surface area contributed by atoms with E-state index in [1.807, 2.05) is 0 Å². The molecule has 2 N–H and O–H groups in total. The molecular formula is C11H24N2S. The van der Waals surface area contributed by atoms with Crippen LogP contribution in [0.3, 0.4) is 0 Å². The molecule has 3 heteroatoms. The molecule has 84 valence electrons. The van der Waals surface area contributed by atoms with Crippen LogP contribution in [0.4, 0.5) is 0 Å². The fourth-order valence-electron chi connectivity index (χ4n) is 2.19. The van der Waals surface area contributed by atoms with Crippen LogP contribution in [0.1, 0.15) is 33.1 Å². The average Bonchev–Trinajstić information content (AvgIpc) is 2.28. The van der Waals surface area contributed by atoms with Crippen LogP contribution in [0.2, 0.25) is 0 Å². The quantitative estimate of drug-likeness (QED) is 0.779. The molecule has 1 heterocycles. The Balaban J connectivity index is 2.66. The van der Waals surface area contributed by atoms with E-state index in [0.717, 1.165) is 6.54 Å². The van der Waals surface area contributed by atoms with Crippen LogP contribution in [-0.4, -0.2) is 41.6 Å². The summed E-state index contributed by atoms with van der Waals surface area (Å²) in [6, 6.07) is 0.654. The van der Waals surface area contributed by atoms with Gasteiger partial charge in [-0.25, -0.2) is 0 Å². The summed E-state index contributed by atoms with van der Waals surface area (Å²) in [4.78, 5) is 2.52. The Labute approximate surface area is 92.6 Å². The third kappa shape index (κ3) is 2.44. The fourth-order valence-corrected chi connectivity index (χ4v) is 3.45. The number of hydrogen-bond acceptors (Lipinski definition) is 3. The predicted molar refractivity (Wildman–Crippen MR) is 65.9 cm³/mol. The van der Waals surface area contributed by atoms with Crippen molar-refractivity contribution in [2.24, 2.45) is 5.73 Å². The van der Waals surface area contributed by atoms with Gasteiger partial charge in [-0.05, 0) is 44.7 Å². The van der Waals surface area contributed by atoms with Gasteiger partial charge in [-0.15, -0.1) is 0 Å². The van der Waals surface area contributed by atoms with Gasteiger partial charge in [-0.2, -0.15) is 11.8 Å². The summed E-state index contributed by atoms with van der Waals surface area (Å²) in [5, 5.41) is 0. The molecule has 0 aromatic carbocycles. The largest absolute Gasteiger partial charge is 0.329 e. The Hall–Kier alpha value is 0.270. The molecule has 1 saturated heterocycles. The third-order valence-electron chi connectivity index (χ3n) is 3.80. The van der Waals surface area contributed by atoms with Crippen molar-refractivity contribution in [2.45, 2.75) is 44.7 Å². The Morgan fingerprint density at radius 2 is 2.00 bits per heavy atom. The molecule has 0 bridgehead atoms. The van der Waals surface area contributed by atoms with Crippen LogP contribution in [-0.2, 0) is 0 Å². The van der Waals surface area contributed by atoms with Crippen molar-refractivity contribution in [3.8, 4) is 0 Å². The maximum Gasteiger partial charge on any atom is 0.0347 e. The zero-order valence-corrected chi connectivity index (χ0v) is 10.6. The van der Waals surface area contributed by atoms with Gasteiger partial charge < -0.3 is 5.73 Å². The lowest BCUT2D eigenvalue weighted by atomic mass is 9.89. The van der Waals surface area contributed by atoms with Crippen molar-refractivity contribution in [2.75, 3.05) is 25.1 Å². The molecule has 2 nitrogen and oxygen atoms in total. The first kappa shape index (κ1) is 12.3. The topological polar surface area (TPSA) is 29.3 Å². The smallest absolute Gasteiger partial charge is 0.0347 e. The highest BCUT2D eigenvalue weighted by atomic mass is 32.2. The van der Waals surface area contributed by atoms with Crippen molar-refractivity contribution in [3.05, 3.63) is 0 Å². The Kier molecular flexibility index (Phi) is 4.74. The van der Waals surface area contributed by atoms with E-state index in [2.05, 4.69) is 37.6 Å². The molecule has 0 aromatic rings. The Morgan fingerprint density at radius 3 is 2.43 bits per heavy atom. The first-order valence-corrected chi connectivity index (χ1v) is 6.82. The van der Waals surface area contributed by atoms with E-state index >= 15 is 0 Å². The van der Waals surface area contributed by atoms with Crippen LogP contribution in [0.15, 0.2) is 0 Å². The van der Waals surface area contributed by atoms with Gasteiger partial charge in [0.05, 0.1) is 0 Å². The van der Waals surface area contributed by atoms with Crippen LogP contribution in [0.25, 0.3) is 0 Å². The van der Waals surface area contributed by atoms with Gasteiger partial charge >= 0.3 is 0 Å². The molecule has 1 aliphatic rings. The van der Waals surface area contributed by atoms with Crippen LogP contribution in [0.5, 0.6) is 0 Å². The lowest BCUT2D eigenvalue weighted by Gasteiger charge is -2.46. The van der Waals surface area contributed by atoms with Gasteiger partial charge in [0.1, 0.15) is 0 Å². The number of thioether (sulfide) groups is 1. The molecule has 0 saturated carbocycles. The van der Waals surface area contributed by atoms with Crippen molar-refractivity contribution in [1.82, 2.24) is 4.90 Å². The minimum Gasteiger partial charge on any atom is -0.329 e. The van der Waals surface area contributed by atoms with E-state index < -0.39 is 0 Å². The van der Waals surface area contributed by atoms with Crippen LogP contribution in [0, 0.1) is 0 Å². The highest BCUT2D eigenvalue weighted by Gasteiger charge is 2.36. The maximum atomic E-state index is 5.98. The predicted octanol–water partition coefficient (Wildman–Crippen LogP) is 1.94. The second-order valence-corrected chi connectivity index (χ2v) is 5.63. The minimum absolute atomic E-state index is 0.292. The van der Waals surface area contributed by atoms with E-state index in [4.69, 9.17) is 5.73 Å². The van der Waals surface area contributed by atoms with Gasteiger partial charge in [0.2, 0.25) is 0 Å². The minimum atomic E-state index is 0.292. The molecule has 0 radical (unpaired) electrons. The number of nitrogens with zero attached hydrogens (tertiary/aromatic N) is 1. The van der Waals surface area contributed by atoms with Crippen molar-refractivity contribution >= 4 is 11.8 Å². The molecule has 1 rings (SSSR count). The zero-order valence-electron chi connectivity index (χ0n) is 9.75. The molecule has 0 spiro atoms. The number of hydrogen-bond donors (Lipinski definition) is 1. The first-order valence-electron chi connectivity index (χ1n) is 5.67. The molecular weight excluding hydrogens is 192 g/mol. The Bertz CT molecular complexity index is 167. The van der Waals surface area contributed by atoms with Crippen LogP contribution >= 0.6 is 11.8 Å². The van der Waals surface area contributed by atoms with Crippen molar-refractivity contribution < 1.29 is 0 Å². The maximum absolute atomic E-state index is 5.98. The van der Waals surface area contributed by atoms with Gasteiger partial charge in [0, 0.05) is 18.1 Å². The number of rotatable bonds is 4. The van der Waals surface area contributed by atoms with Gasteiger partial charge in [0.15, 0.2) is 0 Å². The molecule has 0 amide bonds. The summed E-state index contributed by atoms with van der Waals surface area (Å²) in [5.74, 6) is 2.55. The third-order valence-corrected chi connectivity index (χ3v) is 4.79. The molecule has 0 aliphatic carbocycles. The second kappa shape index (κ2) is 5.38. The van der Waals surface area contributed by atoms with Gasteiger partial charge in [-0.3, -0.25) is 4.90 Å². The first-order chi connectivity index (χ1) is 6.66. The molecule has 1 unspecified atom stereocenters. The second-order valence-electron chi connectivity index (χ2n) is 4.41. The Morgan fingerprint density at radius 1 is 1.43 bits per heavy atom. The van der Waals surface area contributed by atoms with Crippen molar-refractivity contribution in [1.29, 1.82) is 0 Å². The summed E-state index contributed by atoms with van der Waals surface area (Å²) in [7, 11) is 2.25. The summed E-state index contributed by atoms with van der Waals surface area (Å²) in [6.45, 7) is 5.37. The van der Waals surface area contributed by atoms with Gasteiger partial charge in [-0.1, -0.05) is 6.92 Å². The normalized spacial score (nSPS) is 23.8. The number of nitrogens with two attached hydrogens (primary N) is 1. The summed E-state index contributed by atoms with van der Waals surface area (Å²) in [6.07, 6.45) is 3.73. The van der Waals surface area contributed by atoms with E-state index in [1.165, 1.54) is 30.8 Å². The standard InChI is InChI=1S/C11H24N2S/c1-4-10(2)13(3)11(9-12)5-7-14-8-6-11/h10H,4-9,12H2,1-3H3. The SMILES string of the molecule is CCC(C)N(C)C1(CN)CCSCC1. The molecule has 0 aromatic heterocycles. The fraction of sp³-hybridized carbons (Fsp3) is 1.00. The monoisotopic (exact) mass is 216 g/mol. The van der Waals surface area contributed by atoms with E-state index in [-0.39, 0.29) is 0 Å². The molecule has 14 heavy (non-hydrogen) atoms. The zero-order chi connectivity index (χ0) is 10.6. The highest BCUT2D eigenvalue weighted by Crippen LogP contribution is 2.32. The molecule has 1 atom stereocenters. The lowest BCUT2D eigenvalue weighted by molar-refractivity contribution is 0.0741. The lowest BCUT2D eigenvalue weighted by Crippen LogP contribution is -2.57. The summed E-state index contributed by atoms with van der Waals surface area (Å²) >= 11 is 2.07. The van der Waals surface area contributed by atoms with Crippen molar-refractivity contribution in [3.63, 3.8) is 0 Å². The average molecular weight is 216 g/mol. The molecule has 1 fully saturated rings. The van der Waals surface area contributed by atoms with E-state index in [1.54, 1.807) is 0 Å². The highest BCUT2D eigenvalue weighted by molar-refractivity contribution is 7.99.